The van der Waals surface area contributed by atoms with Crippen molar-refractivity contribution in [1.82, 2.24) is 20.0 Å². The summed E-state index contributed by atoms with van der Waals surface area (Å²) in [5.74, 6) is 0.638. The number of benzene rings is 1. The summed E-state index contributed by atoms with van der Waals surface area (Å²) in [5, 5.41) is 18.5. The van der Waals surface area contributed by atoms with Gasteiger partial charge in [-0.1, -0.05) is 46.9 Å². The number of amides is 1. The van der Waals surface area contributed by atoms with Gasteiger partial charge in [0, 0.05) is 21.9 Å². The second-order valence-electron chi connectivity index (χ2n) is 7.07. The second kappa shape index (κ2) is 8.33. The van der Waals surface area contributed by atoms with Crippen LogP contribution in [0.1, 0.15) is 38.6 Å². The van der Waals surface area contributed by atoms with Gasteiger partial charge in [-0.05, 0) is 49.8 Å². The maximum atomic E-state index is 13.0. The van der Waals surface area contributed by atoms with E-state index in [2.05, 4.69) is 51.1 Å². The van der Waals surface area contributed by atoms with Gasteiger partial charge in [-0.3, -0.25) is 10.1 Å². The van der Waals surface area contributed by atoms with Crippen LogP contribution in [0.15, 0.2) is 46.1 Å². The lowest BCUT2D eigenvalue weighted by atomic mass is 10.2. The van der Waals surface area contributed by atoms with Crippen molar-refractivity contribution in [2.45, 2.75) is 36.3 Å². The van der Waals surface area contributed by atoms with E-state index in [9.17, 15) is 4.79 Å². The minimum Gasteiger partial charge on any atom is -0.295 e. The van der Waals surface area contributed by atoms with Gasteiger partial charge in [0.2, 0.25) is 5.13 Å². The Hall–Kier alpha value is -2.49. The number of carbonyl (C=O) groups is 1. The summed E-state index contributed by atoms with van der Waals surface area (Å²) >= 11 is 4.75. The van der Waals surface area contributed by atoms with Gasteiger partial charge in [0.05, 0.1) is 5.69 Å². The number of nitrogens with zero attached hydrogens (tertiary/aromatic N) is 4. The molecule has 5 rings (SSSR count). The predicted molar refractivity (Wildman–Crippen MR) is 122 cm³/mol. The lowest BCUT2D eigenvalue weighted by Gasteiger charge is -2.05. The summed E-state index contributed by atoms with van der Waals surface area (Å²) in [6.45, 7) is 2.06. The summed E-state index contributed by atoms with van der Waals surface area (Å²) in [6.07, 6.45) is 2.86. The van der Waals surface area contributed by atoms with E-state index in [-0.39, 0.29) is 5.91 Å². The van der Waals surface area contributed by atoms with Crippen LogP contribution in [0.3, 0.4) is 0 Å². The number of carbonyl (C=O) groups excluding carboxylic acids is 1. The van der Waals surface area contributed by atoms with Gasteiger partial charge in [0.1, 0.15) is 0 Å². The largest absolute Gasteiger partial charge is 0.295 e. The maximum Gasteiger partial charge on any atom is 0.278 e. The molecule has 3 aromatic heterocycles. The van der Waals surface area contributed by atoms with Gasteiger partial charge >= 0.3 is 0 Å². The van der Waals surface area contributed by atoms with Crippen molar-refractivity contribution in [2.75, 3.05) is 5.32 Å². The first-order chi connectivity index (χ1) is 14.7. The van der Waals surface area contributed by atoms with Crippen molar-refractivity contribution in [3.63, 3.8) is 0 Å². The molecule has 9 heteroatoms. The van der Waals surface area contributed by atoms with Crippen molar-refractivity contribution in [1.29, 1.82) is 0 Å². The Morgan fingerprint density at radius 1 is 1.20 bits per heavy atom. The monoisotopic (exact) mass is 453 g/mol. The molecule has 0 saturated heterocycles. The Morgan fingerprint density at radius 2 is 2.07 bits per heavy atom. The molecular formula is C21H19N5OS3. The minimum absolute atomic E-state index is 0.218. The van der Waals surface area contributed by atoms with E-state index in [4.69, 9.17) is 0 Å². The summed E-state index contributed by atoms with van der Waals surface area (Å²) in [4.78, 5) is 14.3. The second-order valence-corrected chi connectivity index (χ2v) is 10.3. The van der Waals surface area contributed by atoms with Crippen LogP contribution in [0.5, 0.6) is 0 Å². The van der Waals surface area contributed by atoms with E-state index in [1.54, 1.807) is 23.1 Å². The summed E-state index contributed by atoms with van der Waals surface area (Å²) in [5.41, 5.74) is 4.86. The van der Waals surface area contributed by atoms with Crippen molar-refractivity contribution in [3.05, 3.63) is 69.2 Å². The highest BCUT2D eigenvalue weighted by Gasteiger charge is 2.27. The summed E-state index contributed by atoms with van der Waals surface area (Å²) in [7, 11) is 0. The fourth-order valence-electron chi connectivity index (χ4n) is 3.52. The van der Waals surface area contributed by atoms with Gasteiger partial charge in [-0.15, -0.1) is 21.5 Å². The molecule has 0 atom stereocenters. The zero-order chi connectivity index (χ0) is 20.5. The first kappa shape index (κ1) is 19.5. The molecule has 1 aliphatic carbocycles. The van der Waals surface area contributed by atoms with E-state index >= 15 is 0 Å². The first-order valence-corrected chi connectivity index (χ1v) is 12.3. The number of aromatic nitrogens is 4. The van der Waals surface area contributed by atoms with E-state index in [1.807, 2.05) is 22.9 Å². The lowest BCUT2D eigenvalue weighted by molar-refractivity contribution is 0.102. The van der Waals surface area contributed by atoms with Crippen LogP contribution in [0.25, 0.3) is 5.69 Å². The molecule has 3 heterocycles. The normalized spacial score (nSPS) is 12.8. The number of hydrogen-bond donors (Lipinski definition) is 1. The Morgan fingerprint density at radius 3 is 2.87 bits per heavy atom. The van der Waals surface area contributed by atoms with Crippen LogP contribution >= 0.6 is 34.4 Å². The standard InChI is InChI=1S/C21H19N5OS3/c1-13-7-9-14(10-8-13)26-17-6-2-5-16(17)18(25-26)19(27)22-20-23-24-21(30-20)29-12-15-4-3-11-28-15/h3-4,7-11H,2,5-6,12H2,1H3,(H,22,23,27). The highest BCUT2D eigenvalue weighted by atomic mass is 32.2. The third-order valence-corrected chi connectivity index (χ3v) is 8.05. The first-order valence-electron chi connectivity index (χ1n) is 9.65. The molecule has 0 saturated carbocycles. The van der Waals surface area contributed by atoms with Crippen molar-refractivity contribution in [3.8, 4) is 5.69 Å². The molecule has 4 aromatic rings. The third kappa shape index (κ3) is 3.92. The van der Waals surface area contributed by atoms with Gasteiger partial charge in [0.15, 0.2) is 10.0 Å². The van der Waals surface area contributed by atoms with Crippen LogP contribution in [0, 0.1) is 6.92 Å². The van der Waals surface area contributed by atoms with E-state index < -0.39 is 0 Å². The van der Waals surface area contributed by atoms with E-state index in [0.29, 0.717) is 10.8 Å². The zero-order valence-electron chi connectivity index (χ0n) is 16.3. The number of fused-ring (bicyclic) bond motifs is 1. The predicted octanol–water partition coefficient (Wildman–Crippen LogP) is 5.13. The Labute approximate surface area is 186 Å². The quantitative estimate of drug-likeness (QED) is 0.324. The van der Waals surface area contributed by atoms with Crippen molar-refractivity contribution >= 4 is 45.5 Å². The van der Waals surface area contributed by atoms with Crippen molar-refractivity contribution in [2.24, 2.45) is 0 Å². The van der Waals surface area contributed by atoms with Crippen LogP contribution in [0.2, 0.25) is 0 Å². The van der Waals surface area contributed by atoms with Crippen LogP contribution in [0.4, 0.5) is 5.13 Å². The Kier molecular flexibility index (Phi) is 5.41. The molecule has 1 N–H and O–H groups in total. The number of thiophene rings is 1. The van der Waals surface area contributed by atoms with Crippen molar-refractivity contribution < 1.29 is 4.79 Å². The van der Waals surface area contributed by atoms with E-state index in [1.165, 1.54) is 21.8 Å². The molecule has 0 radical (unpaired) electrons. The molecule has 0 aliphatic heterocycles. The summed E-state index contributed by atoms with van der Waals surface area (Å²) in [6, 6.07) is 12.4. The molecule has 1 aliphatic rings. The molecule has 1 aromatic carbocycles. The molecule has 0 bridgehead atoms. The van der Waals surface area contributed by atoms with Gasteiger partial charge in [0.25, 0.3) is 5.91 Å². The third-order valence-electron chi connectivity index (χ3n) is 4.97. The molecule has 152 valence electrons. The molecule has 6 nitrogen and oxygen atoms in total. The number of nitrogens with one attached hydrogen (secondary N) is 1. The van der Waals surface area contributed by atoms with Gasteiger partial charge in [-0.2, -0.15) is 5.10 Å². The number of thioether (sulfide) groups is 1. The molecule has 1 amide bonds. The minimum atomic E-state index is -0.218. The smallest absolute Gasteiger partial charge is 0.278 e. The van der Waals surface area contributed by atoms with Gasteiger partial charge < -0.3 is 0 Å². The van der Waals surface area contributed by atoms with E-state index in [0.717, 1.165) is 46.3 Å². The number of hydrogen-bond acceptors (Lipinski definition) is 7. The van der Waals surface area contributed by atoms with Crippen LogP contribution < -0.4 is 5.32 Å². The summed E-state index contributed by atoms with van der Waals surface area (Å²) < 4.78 is 2.76. The highest BCUT2D eigenvalue weighted by molar-refractivity contribution is 8.00. The molecule has 0 spiro atoms. The zero-order valence-corrected chi connectivity index (χ0v) is 18.7. The van der Waals surface area contributed by atoms with Crippen LogP contribution in [-0.4, -0.2) is 25.9 Å². The molecule has 0 fully saturated rings. The fourth-order valence-corrected chi connectivity index (χ4v) is 6.04. The molecular weight excluding hydrogens is 434 g/mol. The number of anilines is 1. The topological polar surface area (TPSA) is 72.7 Å². The maximum absolute atomic E-state index is 13.0. The SMILES string of the molecule is Cc1ccc(-n2nc(C(=O)Nc3nnc(SCc4cccs4)s3)c3c2CCC3)cc1. The fraction of sp³-hybridized carbons (Fsp3) is 0.238. The Balaban J connectivity index is 1.33. The number of aryl methyl sites for hydroxylation is 1. The average molecular weight is 454 g/mol. The molecule has 30 heavy (non-hydrogen) atoms. The highest BCUT2D eigenvalue weighted by Crippen LogP contribution is 2.31. The average Bonchev–Trinajstić information content (AvgIpc) is 3.52. The van der Waals surface area contributed by atoms with Gasteiger partial charge in [-0.25, -0.2) is 4.68 Å². The Bertz CT molecular complexity index is 1180. The number of rotatable bonds is 6. The lowest BCUT2D eigenvalue weighted by Crippen LogP contribution is -2.14. The molecule has 0 unspecified atom stereocenters. The van der Waals surface area contributed by atoms with Crippen LogP contribution in [-0.2, 0) is 18.6 Å².